The predicted molar refractivity (Wildman–Crippen MR) is 174 cm³/mol. The average molecular weight is 622 g/mol. The SMILES string of the molecule is CC(C)(C)c1cc(NC(=O)Nc2ccc(-c3cn4c(n3)sc3cc(C(=O)NCCN5CCCCC5)ccc34)cc2)no1.Cl. The van der Waals surface area contributed by atoms with E-state index >= 15 is 0 Å². The Hall–Kier alpha value is -3.93. The van der Waals surface area contributed by atoms with Gasteiger partial charge in [0, 0.05) is 47.6 Å². The zero-order valence-corrected chi connectivity index (χ0v) is 26.1. The third-order valence-corrected chi connectivity index (χ3v) is 8.47. The summed E-state index contributed by atoms with van der Waals surface area (Å²) in [6, 6.07) is 14.6. The van der Waals surface area contributed by atoms with E-state index in [2.05, 4.69) is 30.4 Å². The number of imidazole rings is 1. The van der Waals surface area contributed by atoms with Crippen LogP contribution in [0.25, 0.3) is 26.4 Å². The van der Waals surface area contributed by atoms with Crippen molar-refractivity contribution in [3.63, 3.8) is 0 Å². The van der Waals surface area contributed by atoms with Crippen LogP contribution in [0.4, 0.5) is 16.3 Å². The molecule has 0 radical (unpaired) electrons. The van der Waals surface area contributed by atoms with Gasteiger partial charge in [0.25, 0.3) is 5.91 Å². The topological polar surface area (TPSA) is 117 Å². The number of nitrogens with zero attached hydrogens (tertiary/aromatic N) is 4. The van der Waals surface area contributed by atoms with Gasteiger partial charge in [-0.2, -0.15) is 0 Å². The first-order valence-electron chi connectivity index (χ1n) is 14.3. The number of hydrogen-bond acceptors (Lipinski definition) is 7. The largest absolute Gasteiger partial charge is 0.359 e. The molecule has 43 heavy (non-hydrogen) atoms. The highest BCUT2D eigenvalue weighted by Crippen LogP contribution is 2.31. The second-order valence-corrected chi connectivity index (χ2v) is 12.7. The first-order valence-corrected chi connectivity index (χ1v) is 15.1. The molecule has 0 spiro atoms. The molecular weight excluding hydrogens is 586 g/mol. The van der Waals surface area contributed by atoms with E-state index in [1.54, 1.807) is 17.4 Å². The number of halogens is 1. The number of anilines is 2. The number of rotatable bonds is 7. The molecule has 10 nitrogen and oxygen atoms in total. The van der Waals surface area contributed by atoms with Gasteiger partial charge in [0.05, 0.1) is 15.9 Å². The molecule has 1 aliphatic heterocycles. The van der Waals surface area contributed by atoms with Crippen molar-refractivity contribution in [2.45, 2.75) is 45.4 Å². The first-order chi connectivity index (χ1) is 20.2. The van der Waals surface area contributed by atoms with Gasteiger partial charge >= 0.3 is 6.03 Å². The number of aromatic nitrogens is 3. The number of piperidine rings is 1. The van der Waals surface area contributed by atoms with Gasteiger partial charge < -0.3 is 20.1 Å². The maximum absolute atomic E-state index is 12.8. The fraction of sp³-hybridized carbons (Fsp3) is 0.355. The zero-order chi connectivity index (χ0) is 29.3. The molecule has 3 amide bonds. The predicted octanol–water partition coefficient (Wildman–Crippen LogP) is 6.78. The maximum Gasteiger partial charge on any atom is 0.324 e. The van der Waals surface area contributed by atoms with E-state index in [4.69, 9.17) is 9.51 Å². The fourth-order valence-corrected chi connectivity index (χ4v) is 6.13. The summed E-state index contributed by atoms with van der Waals surface area (Å²) < 4.78 is 8.39. The van der Waals surface area contributed by atoms with E-state index in [1.807, 2.05) is 69.4 Å². The lowest BCUT2D eigenvalue weighted by Crippen LogP contribution is -2.37. The van der Waals surface area contributed by atoms with Crippen molar-refractivity contribution in [2.24, 2.45) is 0 Å². The van der Waals surface area contributed by atoms with Gasteiger partial charge in [-0.25, -0.2) is 9.78 Å². The molecule has 0 aliphatic carbocycles. The van der Waals surface area contributed by atoms with Crippen molar-refractivity contribution in [3.8, 4) is 11.3 Å². The van der Waals surface area contributed by atoms with Crippen molar-refractivity contribution in [3.05, 3.63) is 66.1 Å². The van der Waals surface area contributed by atoms with Crippen LogP contribution in [-0.2, 0) is 5.41 Å². The highest BCUT2D eigenvalue weighted by atomic mass is 35.5. The molecule has 1 fully saturated rings. The third kappa shape index (κ3) is 7.01. The van der Waals surface area contributed by atoms with Crippen LogP contribution >= 0.6 is 23.7 Å². The minimum atomic E-state index is -0.402. The van der Waals surface area contributed by atoms with E-state index < -0.39 is 6.03 Å². The maximum atomic E-state index is 12.8. The van der Waals surface area contributed by atoms with Gasteiger partial charge in [0.1, 0.15) is 5.76 Å². The number of carbonyl (C=O) groups is 2. The summed E-state index contributed by atoms with van der Waals surface area (Å²) >= 11 is 1.56. The van der Waals surface area contributed by atoms with Gasteiger partial charge in [0.2, 0.25) is 0 Å². The third-order valence-electron chi connectivity index (χ3n) is 7.45. The molecule has 0 unspecified atom stereocenters. The second kappa shape index (κ2) is 12.7. The number of carbonyl (C=O) groups excluding carboxylic acids is 2. The number of fused-ring (bicyclic) bond motifs is 3. The van der Waals surface area contributed by atoms with E-state index in [0.29, 0.717) is 29.4 Å². The van der Waals surface area contributed by atoms with Crippen molar-refractivity contribution < 1.29 is 14.1 Å². The van der Waals surface area contributed by atoms with Crippen LogP contribution in [0.3, 0.4) is 0 Å². The molecule has 4 heterocycles. The molecule has 1 aliphatic rings. The summed E-state index contributed by atoms with van der Waals surface area (Å²) in [6.45, 7) is 9.85. The number of urea groups is 1. The summed E-state index contributed by atoms with van der Waals surface area (Å²) in [5, 5.41) is 12.5. The molecule has 12 heteroatoms. The van der Waals surface area contributed by atoms with Crippen molar-refractivity contribution in [1.82, 2.24) is 24.8 Å². The number of hydrogen-bond donors (Lipinski definition) is 3. The van der Waals surface area contributed by atoms with Gasteiger partial charge in [-0.1, -0.05) is 55.8 Å². The van der Waals surface area contributed by atoms with E-state index in [1.165, 1.54) is 19.3 Å². The molecule has 5 aromatic rings. The Balaban J connectivity index is 0.00000368. The Labute approximate surface area is 260 Å². The Morgan fingerprint density at radius 2 is 1.77 bits per heavy atom. The Morgan fingerprint density at radius 1 is 1.00 bits per heavy atom. The van der Waals surface area contributed by atoms with Crippen LogP contribution in [0.1, 0.15) is 56.2 Å². The fourth-order valence-electron chi connectivity index (χ4n) is 5.08. The average Bonchev–Trinajstić information content (AvgIpc) is 3.69. The molecule has 2 aromatic carbocycles. The van der Waals surface area contributed by atoms with Gasteiger partial charge in [-0.15, -0.1) is 12.4 Å². The molecule has 1 saturated heterocycles. The molecule has 6 rings (SSSR count). The van der Waals surface area contributed by atoms with Crippen LogP contribution in [0.2, 0.25) is 0 Å². The summed E-state index contributed by atoms with van der Waals surface area (Å²) in [5.41, 5.74) is 3.88. The highest BCUT2D eigenvalue weighted by Gasteiger charge is 2.20. The van der Waals surface area contributed by atoms with E-state index in [0.717, 1.165) is 46.1 Å². The molecule has 0 bridgehead atoms. The highest BCUT2D eigenvalue weighted by molar-refractivity contribution is 7.23. The molecule has 0 atom stereocenters. The summed E-state index contributed by atoms with van der Waals surface area (Å²) in [7, 11) is 0. The van der Waals surface area contributed by atoms with Crippen LogP contribution < -0.4 is 16.0 Å². The van der Waals surface area contributed by atoms with Crippen LogP contribution in [0.15, 0.2) is 59.3 Å². The minimum absolute atomic E-state index is 0. The van der Waals surface area contributed by atoms with Crippen LogP contribution in [-0.4, -0.2) is 57.6 Å². The molecule has 3 aromatic heterocycles. The summed E-state index contributed by atoms with van der Waals surface area (Å²) in [5.74, 6) is 1.01. The number of likely N-dealkylation sites (tertiary alicyclic amines) is 1. The van der Waals surface area contributed by atoms with Gasteiger partial charge in [-0.05, 0) is 56.3 Å². The lowest BCUT2D eigenvalue weighted by Gasteiger charge is -2.26. The smallest absolute Gasteiger partial charge is 0.324 e. The molecule has 0 saturated carbocycles. The van der Waals surface area contributed by atoms with Crippen molar-refractivity contribution >= 4 is 62.4 Å². The minimum Gasteiger partial charge on any atom is -0.359 e. The Morgan fingerprint density at radius 3 is 2.49 bits per heavy atom. The summed E-state index contributed by atoms with van der Waals surface area (Å²) in [6.07, 6.45) is 5.80. The monoisotopic (exact) mass is 621 g/mol. The van der Waals surface area contributed by atoms with E-state index in [9.17, 15) is 9.59 Å². The van der Waals surface area contributed by atoms with Crippen LogP contribution in [0, 0.1) is 0 Å². The van der Waals surface area contributed by atoms with Crippen molar-refractivity contribution in [1.29, 1.82) is 0 Å². The first kappa shape index (κ1) is 30.5. The standard InChI is InChI=1S/C31H35N7O3S.ClH/c1-31(2,3)26-18-27(36-41-26)35-29(40)33-22-10-7-20(8-11-22)23-19-38-24-12-9-21(17-25(24)42-30(38)34-23)28(39)32-13-16-37-14-5-4-6-15-37;/h7-12,17-19H,4-6,13-16H2,1-3H3,(H,32,39)(H2,33,35,36,40);1H. The summed E-state index contributed by atoms with van der Waals surface area (Å²) in [4.78, 5) is 33.3. The molecular formula is C31H36ClN7O3S. The van der Waals surface area contributed by atoms with Crippen LogP contribution in [0.5, 0.6) is 0 Å². The number of thiazole rings is 1. The van der Waals surface area contributed by atoms with Gasteiger partial charge in [-0.3, -0.25) is 14.5 Å². The normalized spacial score (nSPS) is 14.0. The number of amides is 3. The zero-order valence-electron chi connectivity index (χ0n) is 24.5. The molecule has 226 valence electrons. The number of benzene rings is 2. The van der Waals surface area contributed by atoms with Gasteiger partial charge in [0.15, 0.2) is 10.8 Å². The Bertz CT molecular complexity index is 1730. The second-order valence-electron chi connectivity index (χ2n) is 11.7. The lowest BCUT2D eigenvalue weighted by molar-refractivity contribution is 0.0946. The van der Waals surface area contributed by atoms with Crippen molar-refractivity contribution in [2.75, 3.05) is 36.8 Å². The number of nitrogens with one attached hydrogen (secondary N) is 3. The quantitative estimate of drug-likeness (QED) is 0.184. The molecule has 3 N–H and O–H groups in total. The van der Waals surface area contributed by atoms with E-state index in [-0.39, 0.29) is 23.7 Å². The lowest BCUT2D eigenvalue weighted by atomic mass is 9.93. The Kier molecular flexibility index (Phi) is 9.05.